The average Bonchev–Trinajstić information content (AvgIpc) is 2.47. The Balaban J connectivity index is 2.41. The van der Waals surface area contributed by atoms with Gasteiger partial charge in [0.2, 0.25) is 0 Å². The number of benzene rings is 1. The molecule has 1 aromatic heterocycles. The zero-order valence-electron chi connectivity index (χ0n) is 8.21. The number of aryl methyl sites for hydroxylation is 1. The van der Waals surface area contributed by atoms with Gasteiger partial charge in [-0.05, 0) is 5.56 Å². The minimum atomic E-state index is -0.633. The van der Waals surface area contributed by atoms with Gasteiger partial charge in [-0.25, -0.2) is 14.2 Å². The summed E-state index contributed by atoms with van der Waals surface area (Å²) in [6.07, 6.45) is 0. The summed E-state index contributed by atoms with van der Waals surface area (Å²) in [5.41, 5.74) is 0.446. The number of aromatic nitrogens is 2. The summed E-state index contributed by atoms with van der Waals surface area (Å²) >= 11 is 0. The molecule has 5 heteroatoms. The number of hydrogen-bond donors (Lipinski definition) is 0. The molecule has 0 saturated heterocycles. The highest BCUT2D eigenvalue weighted by Gasteiger charge is 2.08. The Labute approximate surface area is 85.1 Å². The molecule has 5 nitrogen and oxygen atoms in total. The summed E-state index contributed by atoms with van der Waals surface area (Å²) in [5, 5.41) is 0. The van der Waals surface area contributed by atoms with Gasteiger partial charge < -0.3 is 4.52 Å². The second-order valence-corrected chi connectivity index (χ2v) is 3.21. The Hall–Kier alpha value is -2.04. The van der Waals surface area contributed by atoms with E-state index in [1.165, 1.54) is 7.05 Å². The Morgan fingerprint density at radius 3 is 2.40 bits per heavy atom. The van der Waals surface area contributed by atoms with Crippen LogP contribution in [0.15, 0.2) is 44.4 Å². The Morgan fingerprint density at radius 1 is 1.20 bits per heavy atom. The van der Waals surface area contributed by atoms with Crippen LogP contribution < -0.4 is 11.4 Å². The van der Waals surface area contributed by atoms with Crippen LogP contribution in [0, 0.1) is 0 Å². The molecule has 2 rings (SSSR count). The lowest BCUT2D eigenvalue weighted by atomic mass is 10.2. The maximum Gasteiger partial charge on any atom is 0.443 e. The normalized spacial score (nSPS) is 10.5. The van der Waals surface area contributed by atoms with Crippen LogP contribution in [0.4, 0.5) is 0 Å². The van der Waals surface area contributed by atoms with Crippen molar-refractivity contribution < 1.29 is 4.52 Å². The van der Waals surface area contributed by atoms with Gasteiger partial charge in [0.05, 0.1) is 13.6 Å². The van der Waals surface area contributed by atoms with Gasteiger partial charge in [-0.2, -0.15) is 4.74 Å². The zero-order valence-corrected chi connectivity index (χ0v) is 8.21. The molecule has 0 N–H and O–H groups in total. The van der Waals surface area contributed by atoms with Crippen LogP contribution in [0.3, 0.4) is 0 Å². The third-order valence-electron chi connectivity index (χ3n) is 2.12. The molecule has 0 radical (unpaired) electrons. The molecule has 1 heterocycles. The number of rotatable bonds is 2. The Bertz CT molecular complexity index is 562. The van der Waals surface area contributed by atoms with Gasteiger partial charge >= 0.3 is 11.4 Å². The van der Waals surface area contributed by atoms with Crippen molar-refractivity contribution in [2.75, 3.05) is 0 Å². The molecular formula is C10H10N2O3. The van der Waals surface area contributed by atoms with Crippen LogP contribution >= 0.6 is 0 Å². The molecular weight excluding hydrogens is 196 g/mol. The monoisotopic (exact) mass is 206 g/mol. The summed E-state index contributed by atoms with van der Waals surface area (Å²) in [6.45, 7) is 0.239. The first-order valence-corrected chi connectivity index (χ1v) is 4.49. The third kappa shape index (κ3) is 1.76. The van der Waals surface area contributed by atoms with Crippen molar-refractivity contribution in [2.24, 2.45) is 7.05 Å². The van der Waals surface area contributed by atoms with E-state index in [-0.39, 0.29) is 6.54 Å². The maximum atomic E-state index is 11.4. The van der Waals surface area contributed by atoms with E-state index >= 15 is 0 Å². The van der Waals surface area contributed by atoms with Crippen molar-refractivity contribution >= 4 is 0 Å². The molecule has 0 unspecified atom stereocenters. The summed E-state index contributed by atoms with van der Waals surface area (Å²) in [4.78, 5) is 22.7. The molecule has 0 spiro atoms. The lowest BCUT2D eigenvalue weighted by Gasteiger charge is -1.97. The molecule has 1 aromatic carbocycles. The standard InChI is InChI=1S/C10H10N2O3/c1-11-9(13)12(10(14)15-11)7-8-5-3-2-4-6-8/h2-6H,7H2,1H3. The van der Waals surface area contributed by atoms with Gasteiger partial charge in [0.15, 0.2) is 0 Å². The predicted molar refractivity (Wildman–Crippen MR) is 53.8 cm³/mol. The molecule has 0 amide bonds. The van der Waals surface area contributed by atoms with E-state index < -0.39 is 11.4 Å². The molecule has 78 valence electrons. The minimum absolute atomic E-state index is 0.239. The fourth-order valence-electron chi connectivity index (χ4n) is 1.35. The van der Waals surface area contributed by atoms with E-state index in [4.69, 9.17) is 0 Å². The average molecular weight is 206 g/mol. The first-order chi connectivity index (χ1) is 7.18. The fraction of sp³-hybridized carbons (Fsp3) is 0.200. The highest BCUT2D eigenvalue weighted by atomic mass is 16.5. The zero-order chi connectivity index (χ0) is 10.8. The van der Waals surface area contributed by atoms with Crippen LogP contribution in [0.2, 0.25) is 0 Å². The van der Waals surface area contributed by atoms with E-state index in [0.717, 1.165) is 14.9 Å². The largest absolute Gasteiger partial charge is 0.443 e. The number of nitrogens with zero attached hydrogens (tertiary/aromatic N) is 2. The molecule has 0 fully saturated rings. The molecule has 15 heavy (non-hydrogen) atoms. The maximum absolute atomic E-state index is 11.4. The van der Waals surface area contributed by atoms with Gasteiger partial charge in [-0.15, -0.1) is 0 Å². The molecule has 0 saturated carbocycles. The summed E-state index contributed by atoms with van der Waals surface area (Å²) < 4.78 is 6.60. The first-order valence-electron chi connectivity index (χ1n) is 4.49. The Morgan fingerprint density at radius 2 is 1.87 bits per heavy atom. The lowest BCUT2D eigenvalue weighted by molar-refractivity contribution is 0.275. The SMILES string of the molecule is Cn1oc(=O)n(Cc2ccccc2)c1=O. The quantitative estimate of drug-likeness (QED) is 0.704. The number of hydrogen-bond acceptors (Lipinski definition) is 3. The Kier molecular flexibility index (Phi) is 2.29. The molecule has 0 aliphatic rings. The van der Waals surface area contributed by atoms with Gasteiger partial charge in [-0.3, -0.25) is 0 Å². The van der Waals surface area contributed by atoms with Crippen LogP contribution in [0.5, 0.6) is 0 Å². The van der Waals surface area contributed by atoms with Gasteiger partial charge in [-0.1, -0.05) is 30.3 Å². The smallest absolute Gasteiger partial charge is 0.317 e. The van der Waals surface area contributed by atoms with E-state index in [0.29, 0.717) is 0 Å². The van der Waals surface area contributed by atoms with Crippen LogP contribution in [0.25, 0.3) is 0 Å². The van der Waals surface area contributed by atoms with E-state index in [2.05, 4.69) is 4.52 Å². The van der Waals surface area contributed by atoms with Crippen molar-refractivity contribution in [2.45, 2.75) is 6.54 Å². The first kappa shape index (κ1) is 9.51. The van der Waals surface area contributed by atoms with Crippen LogP contribution in [-0.4, -0.2) is 9.31 Å². The summed E-state index contributed by atoms with van der Waals surface area (Å²) in [7, 11) is 1.41. The second-order valence-electron chi connectivity index (χ2n) is 3.21. The molecule has 0 aliphatic carbocycles. The second kappa shape index (κ2) is 3.61. The summed E-state index contributed by atoms with van der Waals surface area (Å²) in [5.74, 6) is -0.633. The predicted octanol–water partition coefficient (Wildman–Crippen LogP) is 0.188. The van der Waals surface area contributed by atoms with Crippen molar-refractivity contribution in [3.05, 3.63) is 56.9 Å². The van der Waals surface area contributed by atoms with Crippen molar-refractivity contribution in [1.82, 2.24) is 9.31 Å². The van der Waals surface area contributed by atoms with E-state index in [1.54, 1.807) is 0 Å². The summed E-state index contributed by atoms with van der Waals surface area (Å²) in [6, 6.07) is 9.27. The molecule has 0 atom stereocenters. The van der Waals surface area contributed by atoms with Crippen molar-refractivity contribution in [1.29, 1.82) is 0 Å². The van der Waals surface area contributed by atoms with Gasteiger partial charge in [0.25, 0.3) is 0 Å². The van der Waals surface area contributed by atoms with Crippen molar-refractivity contribution in [3.8, 4) is 0 Å². The molecule has 0 aliphatic heterocycles. The van der Waals surface area contributed by atoms with E-state index in [1.807, 2.05) is 30.3 Å². The fourth-order valence-corrected chi connectivity index (χ4v) is 1.35. The minimum Gasteiger partial charge on any atom is -0.317 e. The van der Waals surface area contributed by atoms with Gasteiger partial charge in [0.1, 0.15) is 0 Å². The van der Waals surface area contributed by atoms with E-state index in [9.17, 15) is 9.59 Å². The molecule has 0 bridgehead atoms. The third-order valence-corrected chi connectivity index (χ3v) is 2.12. The topological polar surface area (TPSA) is 57.1 Å². The highest BCUT2D eigenvalue weighted by molar-refractivity contribution is 5.14. The van der Waals surface area contributed by atoms with Crippen molar-refractivity contribution in [3.63, 3.8) is 0 Å². The van der Waals surface area contributed by atoms with Crippen LogP contribution in [0.1, 0.15) is 5.56 Å². The van der Waals surface area contributed by atoms with Gasteiger partial charge in [0, 0.05) is 0 Å². The molecule has 2 aromatic rings. The van der Waals surface area contributed by atoms with Crippen LogP contribution in [-0.2, 0) is 13.6 Å². The lowest BCUT2D eigenvalue weighted by Crippen LogP contribution is -2.28. The highest BCUT2D eigenvalue weighted by Crippen LogP contribution is 1.98.